The van der Waals surface area contributed by atoms with Crippen molar-refractivity contribution in [3.8, 4) is 11.5 Å². The van der Waals surface area contributed by atoms with Gasteiger partial charge in [0.05, 0.1) is 19.9 Å². The number of nitrogens with two attached hydrogens (primary N) is 1. The molecule has 0 aliphatic rings. The average molecular weight is 167 g/mol. The summed E-state index contributed by atoms with van der Waals surface area (Å²) in [4.78, 5) is 0. The minimum absolute atomic E-state index is 0.659. The predicted octanol–water partition coefficient (Wildman–Crippen LogP) is 1.59. The number of hydrogen-bond acceptors (Lipinski definition) is 3. The van der Waals surface area contributed by atoms with Gasteiger partial charge in [-0.1, -0.05) is 0 Å². The van der Waals surface area contributed by atoms with Crippen LogP contribution in [-0.4, -0.2) is 14.2 Å². The van der Waals surface area contributed by atoms with Crippen LogP contribution in [-0.2, 0) is 0 Å². The molecule has 0 bridgehead atoms. The lowest BCUT2D eigenvalue weighted by molar-refractivity contribution is 0.395. The molecule has 3 nitrogen and oxygen atoms in total. The summed E-state index contributed by atoms with van der Waals surface area (Å²) < 4.78 is 10.1. The normalized spacial score (nSPS) is 9.58. The molecule has 66 valence electrons. The molecule has 1 aromatic rings. The smallest absolute Gasteiger partial charge is 0.145 e. The first-order valence-corrected chi connectivity index (χ1v) is 3.67. The highest BCUT2D eigenvalue weighted by Gasteiger charge is 2.04. The third kappa shape index (κ3) is 1.44. The molecule has 0 radical (unpaired) electrons. The van der Waals surface area contributed by atoms with Crippen molar-refractivity contribution < 1.29 is 9.47 Å². The highest BCUT2D eigenvalue weighted by molar-refractivity contribution is 5.61. The van der Waals surface area contributed by atoms with Gasteiger partial charge in [-0.25, -0.2) is 0 Å². The SMILES string of the molecule is COc1cc(C)c(N)c(OC)c1. The highest BCUT2D eigenvalue weighted by Crippen LogP contribution is 2.29. The van der Waals surface area contributed by atoms with Crippen molar-refractivity contribution in [2.45, 2.75) is 6.92 Å². The Kier molecular flexibility index (Phi) is 2.43. The molecule has 0 aliphatic carbocycles. The van der Waals surface area contributed by atoms with E-state index in [0.29, 0.717) is 11.4 Å². The average Bonchev–Trinajstić information content (AvgIpc) is 2.09. The minimum atomic E-state index is 0.659. The Bertz CT molecular complexity index is 284. The van der Waals surface area contributed by atoms with Crippen molar-refractivity contribution in [1.29, 1.82) is 0 Å². The van der Waals surface area contributed by atoms with Crippen LogP contribution in [0.2, 0.25) is 0 Å². The van der Waals surface area contributed by atoms with Gasteiger partial charge in [0.15, 0.2) is 0 Å². The fourth-order valence-corrected chi connectivity index (χ4v) is 1.02. The number of ether oxygens (including phenoxy) is 2. The van der Waals surface area contributed by atoms with E-state index in [1.165, 1.54) is 0 Å². The number of aryl methyl sites for hydroxylation is 1. The number of benzene rings is 1. The third-order valence-corrected chi connectivity index (χ3v) is 1.78. The molecule has 0 atom stereocenters. The maximum Gasteiger partial charge on any atom is 0.145 e. The van der Waals surface area contributed by atoms with Crippen LogP contribution in [0.15, 0.2) is 12.1 Å². The van der Waals surface area contributed by atoms with Crippen LogP contribution < -0.4 is 15.2 Å². The van der Waals surface area contributed by atoms with Crippen LogP contribution in [0.4, 0.5) is 5.69 Å². The van der Waals surface area contributed by atoms with E-state index in [9.17, 15) is 0 Å². The van der Waals surface area contributed by atoms with Crippen molar-refractivity contribution in [2.75, 3.05) is 20.0 Å². The topological polar surface area (TPSA) is 44.5 Å². The number of anilines is 1. The Balaban J connectivity index is 3.19. The van der Waals surface area contributed by atoms with Gasteiger partial charge >= 0.3 is 0 Å². The van der Waals surface area contributed by atoms with Gasteiger partial charge in [0.2, 0.25) is 0 Å². The van der Waals surface area contributed by atoms with Crippen molar-refractivity contribution in [2.24, 2.45) is 0 Å². The second-order valence-corrected chi connectivity index (χ2v) is 2.56. The Morgan fingerprint density at radius 2 is 1.83 bits per heavy atom. The van der Waals surface area contributed by atoms with Gasteiger partial charge in [-0.15, -0.1) is 0 Å². The quantitative estimate of drug-likeness (QED) is 0.680. The van der Waals surface area contributed by atoms with Crippen LogP contribution in [0.1, 0.15) is 5.56 Å². The van der Waals surface area contributed by atoms with Gasteiger partial charge in [0.25, 0.3) is 0 Å². The standard InChI is InChI=1S/C9H13NO2/c1-6-4-7(11-2)5-8(12-3)9(6)10/h4-5H,10H2,1-3H3. The van der Waals surface area contributed by atoms with E-state index in [1.54, 1.807) is 20.3 Å². The van der Waals surface area contributed by atoms with Gasteiger partial charge in [0.1, 0.15) is 11.5 Å². The second-order valence-electron chi connectivity index (χ2n) is 2.56. The first-order valence-electron chi connectivity index (χ1n) is 3.67. The van der Waals surface area contributed by atoms with Crippen molar-refractivity contribution in [3.63, 3.8) is 0 Å². The zero-order chi connectivity index (χ0) is 9.14. The van der Waals surface area contributed by atoms with E-state index >= 15 is 0 Å². The molecule has 2 N–H and O–H groups in total. The number of methoxy groups -OCH3 is 2. The van der Waals surface area contributed by atoms with Gasteiger partial charge in [-0.2, -0.15) is 0 Å². The maximum atomic E-state index is 5.74. The number of rotatable bonds is 2. The molecular formula is C9H13NO2. The molecular weight excluding hydrogens is 154 g/mol. The van der Waals surface area contributed by atoms with Crippen LogP contribution in [0, 0.1) is 6.92 Å². The Morgan fingerprint density at radius 3 is 2.33 bits per heavy atom. The first kappa shape index (κ1) is 8.71. The third-order valence-electron chi connectivity index (χ3n) is 1.78. The minimum Gasteiger partial charge on any atom is -0.497 e. The lowest BCUT2D eigenvalue weighted by Gasteiger charge is -2.09. The molecule has 0 fully saturated rings. The van der Waals surface area contributed by atoms with Gasteiger partial charge in [-0.3, -0.25) is 0 Å². The van der Waals surface area contributed by atoms with E-state index in [0.717, 1.165) is 11.3 Å². The van der Waals surface area contributed by atoms with Gasteiger partial charge in [-0.05, 0) is 18.6 Å². The van der Waals surface area contributed by atoms with E-state index in [2.05, 4.69) is 0 Å². The zero-order valence-electron chi connectivity index (χ0n) is 7.55. The summed E-state index contributed by atoms with van der Waals surface area (Å²) in [6, 6.07) is 3.64. The summed E-state index contributed by atoms with van der Waals surface area (Å²) in [5.74, 6) is 1.42. The fraction of sp³-hybridized carbons (Fsp3) is 0.333. The first-order chi connectivity index (χ1) is 5.69. The number of hydrogen-bond donors (Lipinski definition) is 1. The summed E-state index contributed by atoms with van der Waals surface area (Å²) in [6.07, 6.45) is 0. The maximum absolute atomic E-state index is 5.74. The van der Waals surface area contributed by atoms with E-state index in [1.807, 2.05) is 13.0 Å². The second kappa shape index (κ2) is 3.34. The summed E-state index contributed by atoms with van der Waals surface area (Å²) in [5.41, 5.74) is 7.37. The van der Waals surface area contributed by atoms with Crippen LogP contribution in [0.25, 0.3) is 0 Å². The summed E-state index contributed by atoms with van der Waals surface area (Å²) in [5, 5.41) is 0. The summed E-state index contributed by atoms with van der Waals surface area (Å²) in [6.45, 7) is 1.92. The molecule has 0 unspecified atom stereocenters. The zero-order valence-corrected chi connectivity index (χ0v) is 7.55. The molecule has 0 saturated heterocycles. The van der Waals surface area contributed by atoms with E-state index < -0.39 is 0 Å². The van der Waals surface area contributed by atoms with Crippen molar-refractivity contribution in [3.05, 3.63) is 17.7 Å². The monoisotopic (exact) mass is 167 g/mol. The predicted molar refractivity (Wildman–Crippen MR) is 48.7 cm³/mol. The molecule has 1 aromatic carbocycles. The van der Waals surface area contributed by atoms with Gasteiger partial charge in [0, 0.05) is 6.07 Å². The highest BCUT2D eigenvalue weighted by atomic mass is 16.5. The molecule has 0 spiro atoms. The lowest BCUT2D eigenvalue weighted by Crippen LogP contribution is -1.96. The lowest BCUT2D eigenvalue weighted by atomic mass is 10.2. The molecule has 0 aromatic heterocycles. The largest absolute Gasteiger partial charge is 0.497 e. The van der Waals surface area contributed by atoms with Crippen molar-refractivity contribution >= 4 is 5.69 Å². The van der Waals surface area contributed by atoms with Crippen LogP contribution in [0.3, 0.4) is 0 Å². The van der Waals surface area contributed by atoms with E-state index in [4.69, 9.17) is 15.2 Å². The fourth-order valence-electron chi connectivity index (χ4n) is 1.02. The Labute approximate surface area is 72.1 Å². The van der Waals surface area contributed by atoms with E-state index in [-0.39, 0.29) is 0 Å². The molecule has 0 aliphatic heterocycles. The summed E-state index contributed by atoms with van der Waals surface area (Å²) >= 11 is 0. The number of nitrogen functional groups attached to an aromatic ring is 1. The molecule has 12 heavy (non-hydrogen) atoms. The summed E-state index contributed by atoms with van der Waals surface area (Å²) in [7, 11) is 3.20. The Morgan fingerprint density at radius 1 is 1.17 bits per heavy atom. The Hall–Kier alpha value is -1.38. The molecule has 0 heterocycles. The molecule has 0 saturated carbocycles. The molecule has 0 amide bonds. The van der Waals surface area contributed by atoms with Crippen LogP contribution >= 0.6 is 0 Å². The molecule has 1 rings (SSSR count). The van der Waals surface area contributed by atoms with Crippen molar-refractivity contribution in [1.82, 2.24) is 0 Å². The van der Waals surface area contributed by atoms with Crippen LogP contribution in [0.5, 0.6) is 11.5 Å². The van der Waals surface area contributed by atoms with Gasteiger partial charge < -0.3 is 15.2 Å². The molecule has 3 heteroatoms.